The molecule has 1 heterocycles. The van der Waals surface area contributed by atoms with E-state index in [0.717, 1.165) is 11.8 Å². The van der Waals surface area contributed by atoms with Gasteiger partial charge in [-0.2, -0.15) is 0 Å². The van der Waals surface area contributed by atoms with Crippen LogP contribution in [-0.4, -0.2) is 4.98 Å². The smallest absolute Gasteiger partial charge is 0.168 e. The van der Waals surface area contributed by atoms with Crippen molar-refractivity contribution in [1.29, 1.82) is 0 Å². The third-order valence-electron chi connectivity index (χ3n) is 1.89. The van der Waals surface area contributed by atoms with Gasteiger partial charge in [-0.3, -0.25) is 0 Å². The minimum atomic E-state index is -0.920. The molecule has 68 valence electrons. The van der Waals surface area contributed by atoms with Gasteiger partial charge in [0.05, 0.1) is 10.5 Å². The molecular formula is C9H6ClF2N. The Morgan fingerprint density at radius 2 is 2.00 bits per heavy atom. The third-order valence-corrected chi connectivity index (χ3v) is 2.19. The highest BCUT2D eigenvalue weighted by atomic mass is 35.5. The van der Waals surface area contributed by atoms with Crippen LogP contribution in [0.25, 0.3) is 10.9 Å². The molecule has 2 aromatic rings. The van der Waals surface area contributed by atoms with Crippen LogP contribution in [0.15, 0.2) is 12.1 Å². The van der Waals surface area contributed by atoms with Crippen LogP contribution in [0.3, 0.4) is 0 Å². The summed E-state index contributed by atoms with van der Waals surface area (Å²) in [5.74, 6) is -1.78. The molecule has 0 unspecified atom stereocenters. The van der Waals surface area contributed by atoms with Gasteiger partial charge in [0.15, 0.2) is 11.6 Å². The molecule has 0 spiro atoms. The summed E-state index contributed by atoms with van der Waals surface area (Å²) in [4.78, 5) is 2.86. The molecule has 0 bridgehead atoms. The fourth-order valence-corrected chi connectivity index (χ4v) is 1.57. The molecule has 2 rings (SSSR count). The highest BCUT2D eigenvalue weighted by Gasteiger charge is 2.12. The van der Waals surface area contributed by atoms with Crippen LogP contribution in [0.4, 0.5) is 8.78 Å². The van der Waals surface area contributed by atoms with Gasteiger partial charge in [-0.15, -0.1) is 0 Å². The lowest BCUT2D eigenvalue weighted by atomic mass is 10.2. The quantitative estimate of drug-likeness (QED) is 0.629. The van der Waals surface area contributed by atoms with Crippen LogP contribution in [0.2, 0.25) is 5.02 Å². The molecule has 13 heavy (non-hydrogen) atoms. The predicted molar refractivity (Wildman–Crippen MR) is 48.0 cm³/mol. The van der Waals surface area contributed by atoms with Crippen LogP contribution in [0, 0.1) is 18.6 Å². The molecule has 1 aromatic heterocycles. The van der Waals surface area contributed by atoms with Crippen molar-refractivity contribution < 1.29 is 8.78 Å². The molecule has 0 atom stereocenters. The second-order valence-electron chi connectivity index (χ2n) is 2.90. The second kappa shape index (κ2) is 2.70. The van der Waals surface area contributed by atoms with E-state index in [4.69, 9.17) is 11.6 Å². The van der Waals surface area contributed by atoms with Crippen molar-refractivity contribution in [3.8, 4) is 0 Å². The van der Waals surface area contributed by atoms with Crippen molar-refractivity contribution in [1.82, 2.24) is 4.98 Å². The number of rotatable bonds is 0. The van der Waals surface area contributed by atoms with Crippen molar-refractivity contribution in [3.63, 3.8) is 0 Å². The SMILES string of the molecule is Cc1cc2c(F)c(F)cc(Cl)c2[nH]1. The standard InChI is InChI=1S/C9H6ClF2N/c1-4-2-5-8(12)7(11)3-6(10)9(5)13-4/h2-3,13H,1H3. The van der Waals surface area contributed by atoms with Gasteiger partial charge in [0.2, 0.25) is 0 Å². The summed E-state index contributed by atoms with van der Waals surface area (Å²) in [6, 6.07) is 2.49. The van der Waals surface area contributed by atoms with E-state index < -0.39 is 11.6 Å². The van der Waals surface area contributed by atoms with Crippen LogP contribution >= 0.6 is 11.6 Å². The molecule has 0 fully saturated rings. The van der Waals surface area contributed by atoms with Gasteiger partial charge in [-0.05, 0) is 19.1 Å². The van der Waals surface area contributed by atoms with E-state index in [2.05, 4.69) is 4.98 Å². The van der Waals surface area contributed by atoms with E-state index in [0.29, 0.717) is 5.52 Å². The molecule has 0 amide bonds. The zero-order chi connectivity index (χ0) is 9.59. The lowest BCUT2D eigenvalue weighted by molar-refractivity contribution is 0.517. The Hall–Kier alpha value is -1.09. The number of nitrogens with one attached hydrogen (secondary N) is 1. The first kappa shape index (κ1) is 8.51. The van der Waals surface area contributed by atoms with E-state index in [1.54, 1.807) is 6.92 Å². The zero-order valence-electron chi connectivity index (χ0n) is 6.79. The predicted octanol–water partition coefficient (Wildman–Crippen LogP) is 3.41. The minimum Gasteiger partial charge on any atom is -0.357 e. The summed E-state index contributed by atoms with van der Waals surface area (Å²) in [6.07, 6.45) is 0. The Morgan fingerprint density at radius 1 is 1.31 bits per heavy atom. The number of aromatic amines is 1. The highest BCUT2D eigenvalue weighted by Crippen LogP contribution is 2.27. The molecule has 0 saturated carbocycles. The van der Waals surface area contributed by atoms with Crippen LogP contribution in [0.1, 0.15) is 5.69 Å². The zero-order valence-corrected chi connectivity index (χ0v) is 7.54. The van der Waals surface area contributed by atoms with Crippen LogP contribution in [-0.2, 0) is 0 Å². The van der Waals surface area contributed by atoms with Gasteiger partial charge >= 0.3 is 0 Å². The van der Waals surface area contributed by atoms with E-state index >= 15 is 0 Å². The average Bonchev–Trinajstić information content (AvgIpc) is 2.44. The first-order valence-electron chi connectivity index (χ1n) is 3.72. The van der Waals surface area contributed by atoms with E-state index in [-0.39, 0.29) is 10.4 Å². The number of hydrogen-bond donors (Lipinski definition) is 1. The van der Waals surface area contributed by atoms with Crippen molar-refractivity contribution in [2.45, 2.75) is 6.92 Å². The van der Waals surface area contributed by atoms with Crippen LogP contribution < -0.4 is 0 Å². The van der Waals surface area contributed by atoms with E-state index in [9.17, 15) is 8.78 Å². The molecule has 0 aliphatic heterocycles. The summed E-state index contributed by atoms with van der Waals surface area (Å²) in [5.41, 5.74) is 1.19. The Kier molecular flexibility index (Phi) is 1.77. The van der Waals surface area contributed by atoms with Gasteiger partial charge in [-0.1, -0.05) is 11.6 Å². The first-order chi connectivity index (χ1) is 6.09. The molecule has 1 nitrogen and oxygen atoms in total. The number of halogens is 3. The van der Waals surface area contributed by atoms with Crippen molar-refractivity contribution in [2.24, 2.45) is 0 Å². The average molecular weight is 202 g/mol. The van der Waals surface area contributed by atoms with E-state index in [1.165, 1.54) is 6.07 Å². The normalized spacial score (nSPS) is 11.1. The molecular weight excluding hydrogens is 196 g/mol. The van der Waals surface area contributed by atoms with Crippen LogP contribution in [0.5, 0.6) is 0 Å². The van der Waals surface area contributed by atoms with Crippen molar-refractivity contribution in [3.05, 3.63) is 34.5 Å². The fraction of sp³-hybridized carbons (Fsp3) is 0.111. The number of fused-ring (bicyclic) bond motifs is 1. The number of H-pyrrole nitrogens is 1. The Balaban J connectivity index is 2.95. The summed E-state index contributed by atoms with van der Waals surface area (Å²) in [7, 11) is 0. The Bertz CT molecular complexity index is 476. The van der Waals surface area contributed by atoms with Crippen molar-refractivity contribution in [2.75, 3.05) is 0 Å². The summed E-state index contributed by atoms with van der Waals surface area (Å²) in [5, 5.41) is 0.393. The number of hydrogen-bond acceptors (Lipinski definition) is 0. The Morgan fingerprint density at radius 3 is 2.69 bits per heavy atom. The topological polar surface area (TPSA) is 15.8 Å². The van der Waals surface area contributed by atoms with Gasteiger partial charge in [0.25, 0.3) is 0 Å². The summed E-state index contributed by atoms with van der Waals surface area (Å²) >= 11 is 5.71. The summed E-state index contributed by atoms with van der Waals surface area (Å²) in [6.45, 7) is 1.76. The van der Waals surface area contributed by atoms with Gasteiger partial charge in [0.1, 0.15) is 0 Å². The number of aromatic nitrogens is 1. The number of aryl methyl sites for hydroxylation is 1. The van der Waals surface area contributed by atoms with Gasteiger partial charge in [0, 0.05) is 11.1 Å². The molecule has 0 aliphatic carbocycles. The first-order valence-corrected chi connectivity index (χ1v) is 4.10. The lowest BCUT2D eigenvalue weighted by Crippen LogP contribution is -1.84. The molecule has 1 N–H and O–H groups in total. The maximum absolute atomic E-state index is 13.1. The summed E-state index contributed by atoms with van der Waals surface area (Å²) < 4.78 is 26.0. The number of benzene rings is 1. The maximum atomic E-state index is 13.1. The highest BCUT2D eigenvalue weighted by molar-refractivity contribution is 6.35. The third kappa shape index (κ3) is 1.20. The van der Waals surface area contributed by atoms with Crippen molar-refractivity contribution >= 4 is 22.5 Å². The minimum absolute atomic E-state index is 0.196. The van der Waals surface area contributed by atoms with Gasteiger partial charge < -0.3 is 4.98 Å². The Labute approximate surface area is 78.3 Å². The molecule has 0 radical (unpaired) electrons. The van der Waals surface area contributed by atoms with Gasteiger partial charge in [-0.25, -0.2) is 8.78 Å². The molecule has 0 aliphatic rings. The molecule has 0 saturated heterocycles. The monoisotopic (exact) mass is 201 g/mol. The lowest BCUT2D eigenvalue weighted by Gasteiger charge is -1.96. The molecule has 1 aromatic carbocycles. The largest absolute Gasteiger partial charge is 0.357 e. The second-order valence-corrected chi connectivity index (χ2v) is 3.30. The van der Waals surface area contributed by atoms with E-state index in [1.807, 2.05) is 0 Å². The fourth-order valence-electron chi connectivity index (χ4n) is 1.33. The maximum Gasteiger partial charge on any atom is 0.168 e. The molecule has 4 heteroatoms.